The number of para-hydroxylation sites is 1. The highest BCUT2D eigenvalue weighted by atomic mass is 32.2. The Morgan fingerprint density at radius 3 is 2.38 bits per heavy atom. The molecule has 0 saturated carbocycles. The number of hydrogen-bond acceptors (Lipinski definition) is 5. The van der Waals surface area contributed by atoms with Crippen LogP contribution in [-0.4, -0.2) is 40.4 Å². The molecule has 0 aliphatic rings. The van der Waals surface area contributed by atoms with Crippen molar-refractivity contribution in [2.75, 3.05) is 29.8 Å². The van der Waals surface area contributed by atoms with E-state index >= 15 is 0 Å². The molecule has 8 nitrogen and oxygen atoms in total. The molecule has 0 fully saturated rings. The van der Waals surface area contributed by atoms with E-state index in [1.54, 1.807) is 31.2 Å². The first-order valence-electron chi connectivity index (χ1n) is 9.09. The highest BCUT2D eigenvalue weighted by molar-refractivity contribution is 7.92. The van der Waals surface area contributed by atoms with Gasteiger partial charge in [0.1, 0.15) is 5.75 Å². The Morgan fingerprint density at radius 1 is 1.10 bits per heavy atom. The molecular formula is C20H25N3O5S. The van der Waals surface area contributed by atoms with Gasteiger partial charge in [-0.2, -0.15) is 0 Å². The molecule has 0 atom stereocenters. The topological polar surface area (TPSA) is 105 Å². The maximum Gasteiger partial charge on any atom is 0.264 e. The summed E-state index contributed by atoms with van der Waals surface area (Å²) >= 11 is 0. The van der Waals surface area contributed by atoms with Crippen LogP contribution in [0.4, 0.5) is 11.4 Å². The summed E-state index contributed by atoms with van der Waals surface area (Å²) in [5, 5.41) is 5.18. The van der Waals surface area contributed by atoms with Crippen LogP contribution in [0.2, 0.25) is 0 Å². The number of amides is 2. The molecule has 156 valence electrons. The van der Waals surface area contributed by atoms with Crippen LogP contribution in [0.1, 0.15) is 20.3 Å². The van der Waals surface area contributed by atoms with Gasteiger partial charge in [0.15, 0.2) is 0 Å². The van der Waals surface area contributed by atoms with E-state index in [1.807, 2.05) is 6.07 Å². The van der Waals surface area contributed by atoms with Crippen LogP contribution in [0.15, 0.2) is 53.4 Å². The number of rotatable bonds is 9. The standard InChI is InChI=1S/C20H25N3O5S/c1-4-23(16-8-6-5-7-9-16)29(26,27)17-10-11-19(28-3)18(14-17)22-20(25)12-13-21-15(2)24/h5-11,14H,4,12-13H2,1-3H3,(H,21,24)(H,22,25). The second-order valence-electron chi connectivity index (χ2n) is 6.15. The zero-order valence-electron chi connectivity index (χ0n) is 16.6. The van der Waals surface area contributed by atoms with Crippen LogP contribution in [0, 0.1) is 0 Å². The molecule has 29 heavy (non-hydrogen) atoms. The Bertz CT molecular complexity index is 961. The van der Waals surface area contributed by atoms with Gasteiger partial charge in [0, 0.05) is 26.4 Å². The Morgan fingerprint density at radius 2 is 1.79 bits per heavy atom. The average molecular weight is 420 g/mol. The summed E-state index contributed by atoms with van der Waals surface area (Å²) in [4.78, 5) is 23.1. The second-order valence-corrected chi connectivity index (χ2v) is 8.01. The average Bonchev–Trinajstić information content (AvgIpc) is 2.68. The number of ether oxygens (including phenoxy) is 1. The summed E-state index contributed by atoms with van der Waals surface area (Å²) < 4.78 is 32.9. The Labute approximate surface area is 170 Å². The van der Waals surface area contributed by atoms with E-state index in [9.17, 15) is 18.0 Å². The van der Waals surface area contributed by atoms with Gasteiger partial charge in [-0.05, 0) is 37.3 Å². The number of carbonyl (C=O) groups excluding carboxylic acids is 2. The van der Waals surface area contributed by atoms with E-state index < -0.39 is 10.0 Å². The van der Waals surface area contributed by atoms with Crippen LogP contribution in [0.5, 0.6) is 5.75 Å². The number of nitrogens with one attached hydrogen (secondary N) is 2. The molecule has 0 aliphatic heterocycles. The zero-order valence-corrected chi connectivity index (χ0v) is 17.5. The predicted molar refractivity (Wildman–Crippen MR) is 112 cm³/mol. The van der Waals surface area contributed by atoms with Crippen molar-refractivity contribution in [3.8, 4) is 5.75 Å². The molecule has 2 rings (SSSR count). The van der Waals surface area contributed by atoms with E-state index in [2.05, 4.69) is 10.6 Å². The molecule has 0 aromatic heterocycles. The van der Waals surface area contributed by atoms with Gasteiger partial charge in [-0.15, -0.1) is 0 Å². The van der Waals surface area contributed by atoms with Crippen molar-refractivity contribution in [1.29, 1.82) is 0 Å². The molecule has 2 aromatic carbocycles. The van der Waals surface area contributed by atoms with Crippen LogP contribution in [0.3, 0.4) is 0 Å². The highest BCUT2D eigenvalue weighted by Crippen LogP contribution is 2.30. The summed E-state index contributed by atoms with van der Waals surface area (Å²) in [6.07, 6.45) is 0.0464. The summed E-state index contributed by atoms with van der Waals surface area (Å²) in [7, 11) is -2.42. The lowest BCUT2D eigenvalue weighted by atomic mass is 10.2. The highest BCUT2D eigenvalue weighted by Gasteiger charge is 2.25. The molecule has 0 unspecified atom stereocenters. The summed E-state index contributed by atoms with van der Waals surface area (Å²) in [6, 6.07) is 13.1. The Hall–Kier alpha value is -3.07. The smallest absolute Gasteiger partial charge is 0.264 e. The molecule has 0 aliphatic carbocycles. The van der Waals surface area contributed by atoms with Gasteiger partial charge < -0.3 is 15.4 Å². The second kappa shape index (κ2) is 9.92. The molecule has 0 heterocycles. The molecule has 0 radical (unpaired) electrons. The maximum atomic E-state index is 13.2. The SMILES string of the molecule is CCN(c1ccccc1)S(=O)(=O)c1ccc(OC)c(NC(=O)CCNC(C)=O)c1. The molecule has 0 saturated heterocycles. The van der Waals surface area contributed by atoms with Gasteiger partial charge in [-0.1, -0.05) is 18.2 Å². The monoisotopic (exact) mass is 419 g/mol. The molecule has 0 spiro atoms. The molecule has 0 bridgehead atoms. The minimum absolute atomic E-state index is 0.0289. The number of nitrogens with zero attached hydrogens (tertiary/aromatic N) is 1. The van der Waals surface area contributed by atoms with E-state index in [0.29, 0.717) is 11.4 Å². The van der Waals surface area contributed by atoms with E-state index in [0.717, 1.165) is 0 Å². The predicted octanol–water partition coefficient (Wildman–Crippen LogP) is 2.38. The normalized spacial score (nSPS) is 10.9. The van der Waals surface area contributed by atoms with E-state index in [1.165, 1.54) is 36.5 Å². The van der Waals surface area contributed by atoms with Crippen molar-refractivity contribution in [2.45, 2.75) is 25.2 Å². The summed E-state index contributed by atoms with van der Waals surface area (Å²) in [5.74, 6) is -0.273. The van der Waals surface area contributed by atoms with E-state index in [4.69, 9.17) is 4.74 Å². The number of methoxy groups -OCH3 is 1. The first-order valence-corrected chi connectivity index (χ1v) is 10.5. The quantitative estimate of drug-likeness (QED) is 0.649. The molecule has 2 N–H and O–H groups in total. The van der Waals surface area contributed by atoms with Crippen LogP contribution in [0.25, 0.3) is 0 Å². The van der Waals surface area contributed by atoms with Crippen LogP contribution >= 0.6 is 0 Å². The van der Waals surface area contributed by atoms with Gasteiger partial charge in [-0.25, -0.2) is 8.42 Å². The summed E-state index contributed by atoms with van der Waals surface area (Å²) in [6.45, 7) is 3.54. The van der Waals surface area contributed by atoms with Crippen molar-refractivity contribution in [3.63, 3.8) is 0 Å². The van der Waals surface area contributed by atoms with Crippen molar-refractivity contribution >= 4 is 33.2 Å². The third-order valence-electron chi connectivity index (χ3n) is 4.09. The lowest BCUT2D eigenvalue weighted by Gasteiger charge is -2.23. The van der Waals surface area contributed by atoms with Gasteiger partial charge in [-0.3, -0.25) is 13.9 Å². The largest absolute Gasteiger partial charge is 0.495 e. The van der Waals surface area contributed by atoms with Crippen molar-refractivity contribution in [3.05, 3.63) is 48.5 Å². The number of carbonyl (C=O) groups is 2. The third kappa shape index (κ3) is 5.71. The van der Waals surface area contributed by atoms with Gasteiger partial charge in [0.2, 0.25) is 11.8 Å². The fourth-order valence-corrected chi connectivity index (χ4v) is 4.22. The maximum absolute atomic E-state index is 13.2. The zero-order chi connectivity index (χ0) is 21.4. The molecule has 2 amide bonds. The first-order chi connectivity index (χ1) is 13.8. The fraction of sp³-hybridized carbons (Fsp3) is 0.300. The first kappa shape index (κ1) is 22.2. The van der Waals surface area contributed by atoms with Gasteiger partial charge >= 0.3 is 0 Å². The van der Waals surface area contributed by atoms with Crippen molar-refractivity contribution in [1.82, 2.24) is 5.32 Å². The lowest BCUT2D eigenvalue weighted by Crippen LogP contribution is -2.30. The van der Waals surface area contributed by atoms with Gasteiger partial charge in [0.25, 0.3) is 10.0 Å². The number of anilines is 2. The summed E-state index contributed by atoms with van der Waals surface area (Å²) in [5.41, 5.74) is 0.789. The van der Waals surface area contributed by atoms with Crippen LogP contribution in [-0.2, 0) is 19.6 Å². The molecule has 2 aromatic rings. The fourth-order valence-electron chi connectivity index (χ4n) is 2.72. The Balaban J connectivity index is 2.30. The minimum Gasteiger partial charge on any atom is -0.495 e. The van der Waals surface area contributed by atoms with Crippen LogP contribution < -0.4 is 19.7 Å². The Kier molecular flexibility index (Phi) is 7.60. The number of hydrogen-bond donors (Lipinski definition) is 2. The molecular weight excluding hydrogens is 394 g/mol. The molecule has 9 heteroatoms. The third-order valence-corrected chi connectivity index (χ3v) is 5.99. The van der Waals surface area contributed by atoms with Crippen molar-refractivity contribution in [2.24, 2.45) is 0 Å². The minimum atomic E-state index is -3.85. The lowest BCUT2D eigenvalue weighted by molar-refractivity contribution is -0.119. The number of sulfonamides is 1. The van der Waals surface area contributed by atoms with E-state index in [-0.39, 0.29) is 41.9 Å². The van der Waals surface area contributed by atoms with Gasteiger partial charge in [0.05, 0.1) is 23.4 Å². The van der Waals surface area contributed by atoms with Crippen molar-refractivity contribution < 1.29 is 22.7 Å². The number of benzene rings is 2.